The average molecular weight is 333 g/mol. The second kappa shape index (κ2) is 8.26. The van der Waals surface area contributed by atoms with Gasteiger partial charge in [0, 0.05) is 18.8 Å². The Balaban J connectivity index is 1.78. The lowest BCUT2D eigenvalue weighted by Gasteiger charge is -2.28. The van der Waals surface area contributed by atoms with E-state index in [1.165, 1.54) is 0 Å². The molecule has 0 unspecified atom stereocenters. The molecule has 0 aromatic heterocycles. The van der Waals surface area contributed by atoms with Gasteiger partial charge in [-0.05, 0) is 44.7 Å². The summed E-state index contributed by atoms with van der Waals surface area (Å²) in [6.07, 6.45) is 1.13. The number of benzene rings is 1. The third-order valence-corrected chi connectivity index (χ3v) is 4.31. The van der Waals surface area contributed by atoms with Crippen molar-refractivity contribution in [2.45, 2.75) is 39.7 Å². The Morgan fingerprint density at radius 3 is 2.29 bits per heavy atom. The van der Waals surface area contributed by atoms with Gasteiger partial charge in [-0.2, -0.15) is 0 Å². The minimum Gasteiger partial charge on any atom is -0.393 e. The Hall–Kier alpha value is -1.92. The lowest BCUT2D eigenvalue weighted by molar-refractivity contribution is -0.125. The van der Waals surface area contributed by atoms with Crippen LogP contribution in [0.3, 0.4) is 0 Å². The summed E-state index contributed by atoms with van der Waals surface area (Å²) in [4.78, 5) is 26.0. The topological polar surface area (TPSA) is 81.7 Å². The van der Waals surface area contributed by atoms with Gasteiger partial charge in [0.05, 0.1) is 19.2 Å². The first-order chi connectivity index (χ1) is 11.3. The minimum absolute atomic E-state index is 0.0396. The van der Waals surface area contributed by atoms with Crippen molar-refractivity contribution in [3.63, 3.8) is 0 Å². The minimum atomic E-state index is -0.254. The van der Waals surface area contributed by atoms with Crippen LogP contribution in [0.1, 0.15) is 29.5 Å². The third kappa shape index (κ3) is 5.32. The summed E-state index contributed by atoms with van der Waals surface area (Å²) in [6, 6.07) is 4.04. The van der Waals surface area contributed by atoms with Crippen molar-refractivity contribution < 1.29 is 14.7 Å². The molecule has 1 aliphatic rings. The molecule has 0 atom stereocenters. The van der Waals surface area contributed by atoms with Gasteiger partial charge in [0.2, 0.25) is 11.8 Å². The smallest absolute Gasteiger partial charge is 0.243 e. The molecule has 0 radical (unpaired) electrons. The van der Waals surface area contributed by atoms with E-state index in [0.29, 0.717) is 25.9 Å². The van der Waals surface area contributed by atoms with E-state index in [0.717, 1.165) is 22.4 Å². The van der Waals surface area contributed by atoms with Gasteiger partial charge in [0.1, 0.15) is 0 Å². The fraction of sp³-hybridized carbons (Fsp3) is 0.556. The number of likely N-dealkylation sites (tertiary alicyclic amines) is 1. The lowest BCUT2D eigenvalue weighted by Crippen LogP contribution is -2.44. The van der Waals surface area contributed by atoms with Crippen molar-refractivity contribution in [2.24, 2.45) is 0 Å². The molecule has 0 bridgehead atoms. The van der Waals surface area contributed by atoms with E-state index in [1.807, 2.05) is 37.8 Å². The molecule has 6 nitrogen and oxygen atoms in total. The fourth-order valence-corrected chi connectivity index (χ4v) is 3.08. The van der Waals surface area contributed by atoms with Crippen LogP contribution in [0.2, 0.25) is 0 Å². The number of amides is 2. The lowest BCUT2D eigenvalue weighted by atomic mass is 10.1. The van der Waals surface area contributed by atoms with Gasteiger partial charge >= 0.3 is 0 Å². The molecule has 6 heteroatoms. The summed E-state index contributed by atoms with van der Waals surface area (Å²) < 4.78 is 0. The maximum absolute atomic E-state index is 12.1. The van der Waals surface area contributed by atoms with Crippen LogP contribution in [0.25, 0.3) is 0 Å². The molecule has 0 saturated carbocycles. The standard InChI is InChI=1S/C18H27N3O3/c1-12-8-13(2)18(14(3)9-12)20-16(23)10-19-17(24)11-21-6-4-15(22)5-7-21/h8-9,15,22H,4-7,10-11H2,1-3H3,(H,19,24)(H,20,23). The zero-order valence-electron chi connectivity index (χ0n) is 14.7. The summed E-state index contributed by atoms with van der Waals surface area (Å²) in [5, 5.41) is 15.0. The number of anilines is 1. The predicted octanol–water partition coefficient (Wildman–Crippen LogP) is 1.12. The van der Waals surface area contributed by atoms with Crippen LogP contribution >= 0.6 is 0 Å². The number of carbonyl (C=O) groups is 2. The van der Waals surface area contributed by atoms with Gasteiger partial charge in [0.15, 0.2) is 0 Å². The summed E-state index contributed by atoms with van der Waals surface area (Å²) in [5.41, 5.74) is 3.99. The van der Waals surface area contributed by atoms with E-state index < -0.39 is 0 Å². The first kappa shape index (κ1) is 18.4. The summed E-state index contributed by atoms with van der Waals surface area (Å²) in [7, 11) is 0. The first-order valence-corrected chi connectivity index (χ1v) is 8.40. The van der Waals surface area contributed by atoms with E-state index in [2.05, 4.69) is 10.6 Å². The van der Waals surface area contributed by atoms with Crippen LogP contribution in [0.5, 0.6) is 0 Å². The molecule has 1 aromatic carbocycles. The Labute approximate surface area is 143 Å². The van der Waals surface area contributed by atoms with Gasteiger partial charge in [-0.25, -0.2) is 0 Å². The molecule has 132 valence electrons. The number of nitrogens with zero attached hydrogens (tertiary/aromatic N) is 1. The molecule has 3 N–H and O–H groups in total. The molecule has 0 spiro atoms. The Kier molecular flexibility index (Phi) is 6.34. The highest BCUT2D eigenvalue weighted by Gasteiger charge is 2.19. The van der Waals surface area contributed by atoms with Crippen molar-refractivity contribution in [1.82, 2.24) is 10.2 Å². The van der Waals surface area contributed by atoms with Crippen molar-refractivity contribution in [3.8, 4) is 0 Å². The number of nitrogens with one attached hydrogen (secondary N) is 2. The van der Waals surface area contributed by atoms with Crippen LogP contribution in [0.15, 0.2) is 12.1 Å². The highest BCUT2D eigenvalue weighted by molar-refractivity contribution is 5.96. The molecular weight excluding hydrogens is 306 g/mol. The molecule has 1 aliphatic heterocycles. The molecule has 2 amide bonds. The number of hydrogen-bond donors (Lipinski definition) is 3. The van der Waals surface area contributed by atoms with Crippen molar-refractivity contribution in [3.05, 3.63) is 28.8 Å². The van der Waals surface area contributed by atoms with E-state index in [-0.39, 0.29) is 31.0 Å². The van der Waals surface area contributed by atoms with Crippen LogP contribution in [-0.4, -0.2) is 54.1 Å². The van der Waals surface area contributed by atoms with E-state index in [9.17, 15) is 14.7 Å². The summed E-state index contributed by atoms with van der Waals surface area (Å²) >= 11 is 0. The third-order valence-electron chi connectivity index (χ3n) is 4.31. The number of carbonyl (C=O) groups excluding carboxylic acids is 2. The van der Waals surface area contributed by atoms with Gasteiger partial charge < -0.3 is 15.7 Å². The molecule has 2 rings (SSSR count). The molecule has 0 aliphatic carbocycles. The first-order valence-electron chi connectivity index (χ1n) is 8.40. The molecule has 1 aromatic rings. The van der Waals surface area contributed by atoms with Crippen molar-refractivity contribution >= 4 is 17.5 Å². The molecule has 1 fully saturated rings. The average Bonchev–Trinajstić information content (AvgIpc) is 2.51. The second-order valence-electron chi connectivity index (χ2n) is 6.61. The maximum atomic E-state index is 12.1. The van der Waals surface area contributed by atoms with Crippen LogP contribution in [0, 0.1) is 20.8 Å². The number of rotatable bonds is 5. The Morgan fingerprint density at radius 2 is 1.71 bits per heavy atom. The fourth-order valence-electron chi connectivity index (χ4n) is 3.08. The largest absolute Gasteiger partial charge is 0.393 e. The summed E-state index contributed by atoms with van der Waals surface area (Å²) in [5.74, 6) is -0.397. The van der Waals surface area contributed by atoms with Crippen LogP contribution in [0.4, 0.5) is 5.69 Å². The van der Waals surface area contributed by atoms with Gasteiger partial charge in [-0.3, -0.25) is 14.5 Å². The monoisotopic (exact) mass is 333 g/mol. The van der Waals surface area contributed by atoms with Crippen molar-refractivity contribution in [1.29, 1.82) is 0 Å². The zero-order chi connectivity index (χ0) is 17.7. The maximum Gasteiger partial charge on any atom is 0.243 e. The summed E-state index contributed by atoms with van der Waals surface area (Å²) in [6.45, 7) is 7.58. The molecule has 24 heavy (non-hydrogen) atoms. The van der Waals surface area contributed by atoms with Crippen molar-refractivity contribution in [2.75, 3.05) is 31.5 Å². The van der Waals surface area contributed by atoms with Gasteiger partial charge in [-0.15, -0.1) is 0 Å². The quantitative estimate of drug-likeness (QED) is 0.754. The highest BCUT2D eigenvalue weighted by Crippen LogP contribution is 2.21. The zero-order valence-corrected chi connectivity index (χ0v) is 14.7. The predicted molar refractivity (Wildman–Crippen MR) is 94.0 cm³/mol. The number of aliphatic hydroxyl groups is 1. The normalized spacial score (nSPS) is 16.0. The van der Waals surface area contributed by atoms with Gasteiger partial charge in [-0.1, -0.05) is 17.7 Å². The second-order valence-corrected chi connectivity index (χ2v) is 6.61. The number of aliphatic hydroxyl groups excluding tert-OH is 1. The molecule has 1 heterocycles. The SMILES string of the molecule is Cc1cc(C)c(NC(=O)CNC(=O)CN2CCC(O)CC2)c(C)c1. The van der Waals surface area contributed by atoms with Crippen LogP contribution < -0.4 is 10.6 Å². The highest BCUT2D eigenvalue weighted by atomic mass is 16.3. The van der Waals surface area contributed by atoms with E-state index in [4.69, 9.17) is 0 Å². The Morgan fingerprint density at radius 1 is 1.12 bits per heavy atom. The Bertz CT molecular complexity index is 585. The molecule has 1 saturated heterocycles. The molecular formula is C18H27N3O3. The van der Waals surface area contributed by atoms with E-state index in [1.54, 1.807) is 0 Å². The number of piperidine rings is 1. The van der Waals surface area contributed by atoms with Crippen LogP contribution in [-0.2, 0) is 9.59 Å². The van der Waals surface area contributed by atoms with Gasteiger partial charge in [0.25, 0.3) is 0 Å². The number of aryl methyl sites for hydroxylation is 3. The number of hydrogen-bond acceptors (Lipinski definition) is 4. The van der Waals surface area contributed by atoms with E-state index >= 15 is 0 Å².